The second kappa shape index (κ2) is 8.84. The highest BCUT2D eigenvalue weighted by molar-refractivity contribution is 7.13. The Bertz CT molecular complexity index is 906. The van der Waals surface area contributed by atoms with Gasteiger partial charge >= 0.3 is 0 Å². The van der Waals surface area contributed by atoms with E-state index in [0.29, 0.717) is 18.9 Å². The molecule has 3 heterocycles. The smallest absolute Gasteiger partial charge is 0.228 e. The van der Waals surface area contributed by atoms with Gasteiger partial charge in [0.15, 0.2) is 0 Å². The van der Waals surface area contributed by atoms with Crippen molar-refractivity contribution in [1.82, 2.24) is 14.9 Å². The Morgan fingerprint density at radius 2 is 2.14 bits per heavy atom. The summed E-state index contributed by atoms with van der Waals surface area (Å²) in [7, 11) is 0. The topological polar surface area (TPSA) is 55.3 Å². The lowest BCUT2D eigenvalue weighted by atomic mass is 9.98. The summed E-state index contributed by atoms with van der Waals surface area (Å²) in [4.78, 5) is 23.9. The first-order valence-electron chi connectivity index (χ1n) is 9.57. The fourth-order valence-electron chi connectivity index (χ4n) is 3.49. The number of thiazole rings is 2. The number of benzene rings is 1. The molecule has 1 aliphatic rings. The fraction of sp³-hybridized carbons (Fsp3) is 0.381. The summed E-state index contributed by atoms with van der Waals surface area (Å²) in [5, 5.41) is 6.08. The Morgan fingerprint density at radius 1 is 1.29 bits per heavy atom. The highest BCUT2D eigenvalue weighted by Crippen LogP contribution is 2.29. The minimum atomic E-state index is 0.157. The largest absolute Gasteiger partial charge is 0.494 e. The molecule has 7 heteroatoms. The Balaban J connectivity index is 1.38. The van der Waals surface area contributed by atoms with Crippen molar-refractivity contribution >= 4 is 28.6 Å². The van der Waals surface area contributed by atoms with Gasteiger partial charge in [0.2, 0.25) is 5.91 Å². The number of ether oxygens (including phenoxy) is 1. The molecule has 0 radical (unpaired) electrons. The van der Waals surface area contributed by atoms with Crippen LogP contribution in [-0.2, 0) is 11.2 Å². The zero-order valence-electron chi connectivity index (χ0n) is 15.8. The van der Waals surface area contributed by atoms with E-state index in [2.05, 4.69) is 9.97 Å². The van der Waals surface area contributed by atoms with Gasteiger partial charge in [-0.1, -0.05) is 0 Å². The maximum Gasteiger partial charge on any atom is 0.228 e. The number of aromatic nitrogens is 2. The standard InChI is InChI=1S/C21H23N3O2S2/c1-2-26-18-7-5-15(6-8-18)21-23-17(14-28-21)12-19(25)24-10-3-4-16(13-24)20-22-9-11-27-20/h5-9,11,14,16H,2-4,10,12-13H2,1H3. The maximum absolute atomic E-state index is 12.8. The molecule has 4 rings (SSSR count). The number of nitrogens with zero attached hydrogens (tertiary/aromatic N) is 3. The molecule has 1 saturated heterocycles. The van der Waals surface area contributed by atoms with Crippen molar-refractivity contribution in [1.29, 1.82) is 0 Å². The molecule has 0 spiro atoms. The normalized spacial score (nSPS) is 16.9. The summed E-state index contributed by atoms with van der Waals surface area (Å²) in [5.41, 5.74) is 1.89. The number of hydrogen-bond acceptors (Lipinski definition) is 6. The summed E-state index contributed by atoms with van der Waals surface area (Å²) in [6, 6.07) is 7.94. The molecule has 3 aromatic rings. The Hall–Kier alpha value is -2.25. The second-order valence-corrected chi connectivity index (χ2v) is 8.61. The number of rotatable bonds is 6. The third-order valence-electron chi connectivity index (χ3n) is 4.87. The van der Waals surface area contributed by atoms with Crippen molar-refractivity contribution < 1.29 is 9.53 Å². The first kappa shape index (κ1) is 19.1. The van der Waals surface area contributed by atoms with Gasteiger partial charge in [0.1, 0.15) is 10.8 Å². The molecule has 28 heavy (non-hydrogen) atoms. The second-order valence-electron chi connectivity index (χ2n) is 6.83. The molecule has 1 aromatic carbocycles. The molecule has 0 bridgehead atoms. The van der Waals surface area contributed by atoms with Gasteiger partial charge in [0, 0.05) is 41.5 Å². The van der Waals surface area contributed by atoms with Crippen LogP contribution in [0.2, 0.25) is 0 Å². The summed E-state index contributed by atoms with van der Waals surface area (Å²) in [6.45, 7) is 4.22. The number of carbonyl (C=O) groups excluding carboxylic acids is 1. The van der Waals surface area contributed by atoms with Crippen LogP contribution in [0.25, 0.3) is 10.6 Å². The summed E-state index contributed by atoms with van der Waals surface area (Å²) >= 11 is 3.26. The van der Waals surface area contributed by atoms with E-state index in [1.807, 2.05) is 53.0 Å². The van der Waals surface area contributed by atoms with Gasteiger partial charge in [-0.2, -0.15) is 0 Å². The van der Waals surface area contributed by atoms with Crippen molar-refractivity contribution in [3.63, 3.8) is 0 Å². The molecule has 2 aromatic heterocycles. The molecule has 1 unspecified atom stereocenters. The molecule has 1 fully saturated rings. The van der Waals surface area contributed by atoms with Gasteiger partial charge in [-0.15, -0.1) is 22.7 Å². The van der Waals surface area contributed by atoms with E-state index in [0.717, 1.165) is 53.0 Å². The lowest BCUT2D eigenvalue weighted by molar-refractivity contribution is -0.131. The van der Waals surface area contributed by atoms with E-state index in [4.69, 9.17) is 4.74 Å². The van der Waals surface area contributed by atoms with Crippen LogP contribution in [0, 0.1) is 0 Å². The quantitative estimate of drug-likeness (QED) is 0.592. The first-order chi connectivity index (χ1) is 13.7. The zero-order valence-corrected chi connectivity index (χ0v) is 17.5. The van der Waals surface area contributed by atoms with Crippen LogP contribution in [0.3, 0.4) is 0 Å². The average molecular weight is 414 g/mol. The predicted octanol–water partition coefficient (Wildman–Crippen LogP) is 4.61. The van der Waals surface area contributed by atoms with Crippen LogP contribution in [0.4, 0.5) is 0 Å². The van der Waals surface area contributed by atoms with E-state index in [1.165, 1.54) is 0 Å². The SMILES string of the molecule is CCOc1ccc(-c2nc(CC(=O)N3CCCC(c4nccs4)C3)cs2)cc1. The van der Waals surface area contributed by atoms with Crippen LogP contribution in [0.5, 0.6) is 5.75 Å². The molecular formula is C21H23N3O2S2. The Kier molecular flexibility index (Phi) is 6.02. The predicted molar refractivity (Wildman–Crippen MR) is 113 cm³/mol. The Morgan fingerprint density at radius 3 is 2.89 bits per heavy atom. The molecule has 0 saturated carbocycles. The molecule has 1 aliphatic heterocycles. The number of likely N-dealkylation sites (tertiary alicyclic amines) is 1. The van der Waals surface area contributed by atoms with Gasteiger partial charge in [0.25, 0.3) is 0 Å². The van der Waals surface area contributed by atoms with Crippen LogP contribution in [-0.4, -0.2) is 40.5 Å². The highest BCUT2D eigenvalue weighted by Gasteiger charge is 2.26. The first-order valence-corrected chi connectivity index (χ1v) is 11.3. The van der Waals surface area contributed by atoms with Crippen molar-refractivity contribution in [2.24, 2.45) is 0 Å². The minimum absolute atomic E-state index is 0.157. The van der Waals surface area contributed by atoms with E-state index >= 15 is 0 Å². The molecular weight excluding hydrogens is 390 g/mol. The number of piperidine rings is 1. The van der Waals surface area contributed by atoms with Gasteiger partial charge in [-0.25, -0.2) is 9.97 Å². The summed E-state index contributed by atoms with van der Waals surface area (Å²) in [5.74, 6) is 1.38. The van der Waals surface area contributed by atoms with E-state index in [9.17, 15) is 4.79 Å². The highest BCUT2D eigenvalue weighted by atomic mass is 32.1. The van der Waals surface area contributed by atoms with Gasteiger partial charge < -0.3 is 9.64 Å². The number of amides is 1. The fourth-order valence-corrected chi connectivity index (χ4v) is 5.08. The van der Waals surface area contributed by atoms with Crippen LogP contribution < -0.4 is 4.74 Å². The average Bonchev–Trinajstić information content (AvgIpc) is 3.41. The Labute approximate surface area is 173 Å². The minimum Gasteiger partial charge on any atom is -0.494 e. The monoisotopic (exact) mass is 413 g/mol. The molecule has 146 valence electrons. The summed E-state index contributed by atoms with van der Waals surface area (Å²) < 4.78 is 5.49. The maximum atomic E-state index is 12.8. The van der Waals surface area contributed by atoms with Crippen molar-refractivity contribution in [3.8, 4) is 16.3 Å². The van der Waals surface area contributed by atoms with Crippen LogP contribution in [0.15, 0.2) is 41.2 Å². The van der Waals surface area contributed by atoms with E-state index in [1.54, 1.807) is 22.7 Å². The van der Waals surface area contributed by atoms with Crippen LogP contribution >= 0.6 is 22.7 Å². The lowest BCUT2D eigenvalue weighted by Gasteiger charge is -2.31. The van der Waals surface area contributed by atoms with E-state index in [-0.39, 0.29) is 5.91 Å². The summed E-state index contributed by atoms with van der Waals surface area (Å²) in [6.07, 6.45) is 4.34. The third kappa shape index (κ3) is 4.42. The number of carbonyl (C=O) groups is 1. The lowest BCUT2D eigenvalue weighted by Crippen LogP contribution is -2.40. The molecule has 0 N–H and O–H groups in total. The zero-order chi connectivity index (χ0) is 19.3. The molecule has 1 atom stereocenters. The van der Waals surface area contributed by atoms with Crippen molar-refractivity contribution in [2.45, 2.75) is 32.1 Å². The van der Waals surface area contributed by atoms with Crippen LogP contribution in [0.1, 0.15) is 36.4 Å². The van der Waals surface area contributed by atoms with Crippen molar-refractivity contribution in [3.05, 3.63) is 51.9 Å². The number of hydrogen-bond donors (Lipinski definition) is 0. The van der Waals surface area contributed by atoms with Gasteiger partial charge in [-0.05, 0) is 44.0 Å². The van der Waals surface area contributed by atoms with E-state index < -0.39 is 0 Å². The van der Waals surface area contributed by atoms with Gasteiger partial charge in [0.05, 0.1) is 23.7 Å². The molecule has 5 nitrogen and oxygen atoms in total. The molecule has 1 amide bonds. The molecule has 0 aliphatic carbocycles. The third-order valence-corrected chi connectivity index (χ3v) is 6.75. The van der Waals surface area contributed by atoms with Crippen molar-refractivity contribution in [2.75, 3.05) is 19.7 Å². The van der Waals surface area contributed by atoms with Gasteiger partial charge in [-0.3, -0.25) is 4.79 Å².